The molecule has 0 saturated heterocycles. The lowest BCUT2D eigenvalue weighted by molar-refractivity contribution is -0.167. The fourth-order valence-electron chi connectivity index (χ4n) is 8.23. The Morgan fingerprint density at radius 2 is 0.534 bits per heavy atom. The Labute approximate surface area is 450 Å². The van der Waals surface area contributed by atoms with Gasteiger partial charge in [-0.3, -0.25) is 14.4 Å². The Hall–Kier alpha value is -3.93. The molecule has 0 aliphatic rings. The lowest BCUT2D eigenvalue weighted by atomic mass is 10.0. The molecular formula is C67H112O6. The minimum absolute atomic E-state index is 0.0880. The monoisotopic (exact) mass is 1010 g/mol. The first-order chi connectivity index (χ1) is 36.0. The number of ether oxygens (including phenoxy) is 3. The van der Waals surface area contributed by atoms with E-state index in [1.165, 1.54) is 109 Å². The quantitative estimate of drug-likeness (QED) is 0.0261. The largest absolute Gasteiger partial charge is 0.462 e. The fraction of sp³-hybridized carbons (Fsp3) is 0.687. The summed E-state index contributed by atoms with van der Waals surface area (Å²) in [6.07, 6.45) is 82.3. The van der Waals surface area contributed by atoms with Gasteiger partial charge in [0.1, 0.15) is 13.2 Å². The SMILES string of the molecule is CC/C=C\C/C=C\C/C=C\C/C=C\CCCCCCCCCCCCCCC(=O)OCC(COC(=O)CCCCCCC/C=C\CCCC)OC(=O)CCCCCCCC/C=C\C/C=C\C/C=C\C/C=C\CC. The van der Waals surface area contributed by atoms with Crippen LogP contribution in [0.4, 0.5) is 0 Å². The molecule has 0 spiro atoms. The average Bonchev–Trinajstić information content (AvgIpc) is 3.39. The maximum Gasteiger partial charge on any atom is 0.306 e. The molecule has 0 rings (SSSR count). The normalized spacial score (nSPS) is 12.9. The van der Waals surface area contributed by atoms with Crippen molar-refractivity contribution in [2.24, 2.45) is 0 Å². The van der Waals surface area contributed by atoms with Crippen molar-refractivity contribution in [3.63, 3.8) is 0 Å². The zero-order valence-corrected chi connectivity index (χ0v) is 47.6. The van der Waals surface area contributed by atoms with Gasteiger partial charge < -0.3 is 14.2 Å². The summed E-state index contributed by atoms with van der Waals surface area (Å²) in [6.45, 7) is 6.37. The Morgan fingerprint density at radius 1 is 0.288 bits per heavy atom. The van der Waals surface area contributed by atoms with Crippen molar-refractivity contribution in [1.29, 1.82) is 0 Å². The third kappa shape index (κ3) is 58.8. The van der Waals surface area contributed by atoms with Gasteiger partial charge in [0.05, 0.1) is 0 Å². The van der Waals surface area contributed by atoms with E-state index >= 15 is 0 Å². The maximum atomic E-state index is 12.9. The molecule has 73 heavy (non-hydrogen) atoms. The molecule has 0 aromatic rings. The van der Waals surface area contributed by atoms with Crippen LogP contribution in [-0.4, -0.2) is 37.2 Å². The Bertz CT molecular complexity index is 1490. The Morgan fingerprint density at radius 3 is 0.849 bits per heavy atom. The Balaban J connectivity index is 4.31. The van der Waals surface area contributed by atoms with Crippen molar-refractivity contribution in [2.45, 2.75) is 284 Å². The van der Waals surface area contributed by atoms with Crippen LogP contribution in [0.1, 0.15) is 278 Å². The van der Waals surface area contributed by atoms with Gasteiger partial charge in [-0.1, -0.05) is 252 Å². The van der Waals surface area contributed by atoms with Crippen LogP contribution >= 0.6 is 0 Å². The van der Waals surface area contributed by atoms with Gasteiger partial charge in [-0.25, -0.2) is 0 Å². The van der Waals surface area contributed by atoms with Crippen molar-refractivity contribution >= 4 is 17.9 Å². The minimum Gasteiger partial charge on any atom is -0.462 e. The molecule has 0 saturated carbocycles. The van der Waals surface area contributed by atoms with Gasteiger partial charge in [0, 0.05) is 19.3 Å². The molecule has 0 aliphatic carbocycles. The molecule has 416 valence electrons. The van der Waals surface area contributed by atoms with Crippen molar-refractivity contribution in [1.82, 2.24) is 0 Å². The van der Waals surface area contributed by atoms with Crippen LogP contribution in [0.5, 0.6) is 0 Å². The first kappa shape index (κ1) is 69.1. The van der Waals surface area contributed by atoms with E-state index in [-0.39, 0.29) is 31.1 Å². The zero-order chi connectivity index (χ0) is 52.9. The second-order valence-electron chi connectivity index (χ2n) is 19.8. The van der Waals surface area contributed by atoms with E-state index in [1.54, 1.807) is 0 Å². The van der Waals surface area contributed by atoms with Crippen LogP contribution in [-0.2, 0) is 28.6 Å². The highest BCUT2D eigenvalue weighted by molar-refractivity contribution is 5.71. The van der Waals surface area contributed by atoms with Crippen molar-refractivity contribution < 1.29 is 28.6 Å². The molecule has 0 radical (unpaired) electrons. The molecule has 0 aromatic heterocycles. The van der Waals surface area contributed by atoms with E-state index in [0.717, 1.165) is 128 Å². The van der Waals surface area contributed by atoms with Crippen LogP contribution in [0, 0.1) is 0 Å². The number of rotatable bonds is 54. The molecular weight excluding hydrogens is 901 g/mol. The molecule has 1 unspecified atom stereocenters. The highest BCUT2D eigenvalue weighted by Gasteiger charge is 2.19. The summed E-state index contributed by atoms with van der Waals surface area (Å²) in [5, 5.41) is 0. The van der Waals surface area contributed by atoms with E-state index < -0.39 is 6.10 Å². The lowest BCUT2D eigenvalue weighted by Gasteiger charge is -2.18. The standard InChI is InChI=1S/C67H112O6/c1-4-7-10-13-16-19-22-24-26-28-30-31-32-33-34-35-37-38-40-42-45-48-51-54-57-60-66(69)72-63-64(62-71-65(68)59-56-53-50-47-44-21-18-15-12-9-6-3)73-67(70)61-58-55-52-49-46-43-41-39-36-29-27-25-23-20-17-14-11-8-5-2/h7-8,10-11,15-20,24-27,30-31,36,39,64H,4-6,9,12-14,21-23,28-29,32-35,37-38,40-63H2,1-3H3/b10-7-,11-8-,18-15-,19-16-,20-17-,26-24-,27-25-,31-30-,39-36-. The average molecular weight is 1010 g/mol. The second-order valence-corrected chi connectivity index (χ2v) is 19.8. The number of allylic oxidation sites excluding steroid dienone is 18. The van der Waals surface area contributed by atoms with E-state index in [2.05, 4.69) is 130 Å². The molecule has 6 heteroatoms. The molecule has 0 heterocycles. The first-order valence-electron chi connectivity index (χ1n) is 30.4. The molecule has 0 amide bonds. The fourth-order valence-corrected chi connectivity index (χ4v) is 8.23. The predicted molar refractivity (Wildman–Crippen MR) is 316 cm³/mol. The van der Waals surface area contributed by atoms with Gasteiger partial charge in [-0.15, -0.1) is 0 Å². The van der Waals surface area contributed by atoms with E-state index in [1.807, 2.05) is 0 Å². The predicted octanol–water partition coefficient (Wildman–Crippen LogP) is 20.7. The third-order valence-corrected chi connectivity index (χ3v) is 12.7. The molecule has 1 atom stereocenters. The number of hydrogen-bond donors (Lipinski definition) is 0. The summed E-state index contributed by atoms with van der Waals surface area (Å²) in [7, 11) is 0. The van der Waals surface area contributed by atoms with Crippen LogP contribution < -0.4 is 0 Å². The lowest BCUT2D eigenvalue weighted by Crippen LogP contribution is -2.30. The molecule has 6 nitrogen and oxygen atoms in total. The van der Waals surface area contributed by atoms with E-state index in [0.29, 0.717) is 19.3 Å². The summed E-state index contributed by atoms with van der Waals surface area (Å²) < 4.78 is 16.9. The van der Waals surface area contributed by atoms with Gasteiger partial charge in [-0.2, -0.15) is 0 Å². The highest BCUT2D eigenvalue weighted by Crippen LogP contribution is 2.15. The number of esters is 3. The smallest absolute Gasteiger partial charge is 0.306 e. The van der Waals surface area contributed by atoms with Crippen molar-refractivity contribution in [3.05, 3.63) is 109 Å². The Kier molecular flexibility index (Phi) is 57.4. The van der Waals surface area contributed by atoms with Crippen LogP contribution in [0.15, 0.2) is 109 Å². The van der Waals surface area contributed by atoms with Gasteiger partial charge in [0.2, 0.25) is 0 Å². The van der Waals surface area contributed by atoms with Gasteiger partial charge in [0.15, 0.2) is 6.10 Å². The molecule has 0 aliphatic heterocycles. The number of unbranched alkanes of at least 4 members (excludes halogenated alkanes) is 25. The van der Waals surface area contributed by atoms with Crippen molar-refractivity contribution in [3.8, 4) is 0 Å². The van der Waals surface area contributed by atoms with Gasteiger partial charge in [0.25, 0.3) is 0 Å². The third-order valence-electron chi connectivity index (χ3n) is 12.7. The van der Waals surface area contributed by atoms with E-state index in [4.69, 9.17) is 14.2 Å². The maximum absolute atomic E-state index is 12.9. The molecule has 0 bridgehead atoms. The highest BCUT2D eigenvalue weighted by atomic mass is 16.6. The zero-order valence-electron chi connectivity index (χ0n) is 47.6. The molecule has 0 fully saturated rings. The number of carbonyl (C=O) groups is 3. The van der Waals surface area contributed by atoms with Crippen molar-refractivity contribution in [2.75, 3.05) is 13.2 Å². The second kappa shape index (κ2) is 60.6. The van der Waals surface area contributed by atoms with Crippen LogP contribution in [0.3, 0.4) is 0 Å². The molecule has 0 N–H and O–H groups in total. The topological polar surface area (TPSA) is 78.9 Å². The summed E-state index contributed by atoms with van der Waals surface area (Å²) in [5.74, 6) is -0.910. The summed E-state index contributed by atoms with van der Waals surface area (Å²) in [4.78, 5) is 38.2. The van der Waals surface area contributed by atoms with Gasteiger partial charge in [-0.05, 0) is 116 Å². The van der Waals surface area contributed by atoms with Crippen LogP contribution in [0.25, 0.3) is 0 Å². The number of hydrogen-bond acceptors (Lipinski definition) is 6. The van der Waals surface area contributed by atoms with Crippen LogP contribution in [0.2, 0.25) is 0 Å². The number of carbonyl (C=O) groups excluding carboxylic acids is 3. The van der Waals surface area contributed by atoms with E-state index in [9.17, 15) is 14.4 Å². The molecule has 0 aromatic carbocycles. The summed E-state index contributed by atoms with van der Waals surface area (Å²) in [5.41, 5.74) is 0. The summed E-state index contributed by atoms with van der Waals surface area (Å²) >= 11 is 0. The summed E-state index contributed by atoms with van der Waals surface area (Å²) in [6, 6.07) is 0. The first-order valence-corrected chi connectivity index (χ1v) is 30.4. The minimum atomic E-state index is -0.791. The van der Waals surface area contributed by atoms with Gasteiger partial charge >= 0.3 is 17.9 Å².